The average Bonchev–Trinajstić information content (AvgIpc) is 1.52. The molecule has 3 amide bonds. The van der Waals surface area contributed by atoms with Crippen molar-refractivity contribution in [3.8, 4) is 33.4 Å². The molecule has 15 aromatic rings. The third-order valence-electron chi connectivity index (χ3n) is 23.0. The summed E-state index contributed by atoms with van der Waals surface area (Å²) in [5.41, 5.74) is 6.84. The smallest absolute Gasteiger partial charge is 0.293 e. The summed E-state index contributed by atoms with van der Waals surface area (Å²) in [6.45, 7) is 1.92. The van der Waals surface area contributed by atoms with Gasteiger partial charge < -0.3 is 25.9 Å². The number of H-pyrrole nitrogens is 2. The predicted molar refractivity (Wildman–Crippen MR) is 434 cm³/mol. The summed E-state index contributed by atoms with van der Waals surface area (Å²) in [5, 5.41) is 19.4. The van der Waals surface area contributed by atoms with Crippen molar-refractivity contribution >= 4 is 50.3 Å². The van der Waals surface area contributed by atoms with Gasteiger partial charge in [0.15, 0.2) is 0 Å². The topological polar surface area (TPSA) is 206 Å². The zero-order valence-electron chi connectivity index (χ0n) is 66.1. The molecule has 31 heteroatoms. The first-order valence-corrected chi connectivity index (χ1v) is 39.8. The molecule has 8 aromatic heterocycles. The van der Waals surface area contributed by atoms with Gasteiger partial charge in [-0.1, -0.05) is 72.8 Å². The number of benzene rings is 7. The van der Waals surface area contributed by atoms with Crippen LogP contribution >= 0.6 is 0 Å². The number of hydrogen-bond acceptors (Lipinski definition) is 9. The lowest BCUT2D eigenvalue weighted by molar-refractivity contribution is -0.123. The Bertz CT molecular complexity index is 6640. The van der Waals surface area contributed by atoms with Crippen LogP contribution in [0.3, 0.4) is 0 Å². The molecule has 4 aliphatic carbocycles. The molecule has 4 aliphatic rings. The van der Waals surface area contributed by atoms with E-state index in [2.05, 4.69) is 56.1 Å². The van der Waals surface area contributed by atoms with Crippen molar-refractivity contribution in [1.82, 2.24) is 65.4 Å². The van der Waals surface area contributed by atoms with Gasteiger partial charge in [-0.3, -0.25) is 38.7 Å². The second-order valence-electron chi connectivity index (χ2n) is 31.6. The number of nitrogens with zero attached hydrogens (tertiary/aromatic N) is 8. The highest BCUT2D eigenvalue weighted by atomic mass is 19.3. The maximum Gasteiger partial charge on any atom is 0.293 e. The molecular weight excluding hydrogens is 1640 g/mol. The van der Waals surface area contributed by atoms with Crippen LogP contribution in [0.25, 0.3) is 66.0 Å². The molecule has 7 aromatic carbocycles. The van der Waals surface area contributed by atoms with E-state index in [9.17, 15) is 62.7 Å². The van der Waals surface area contributed by atoms with Crippen LogP contribution in [0.5, 0.6) is 0 Å². The van der Waals surface area contributed by atoms with Gasteiger partial charge in [0, 0.05) is 117 Å². The van der Waals surface area contributed by atoms with Crippen LogP contribution in [0.1, 0.15) is 140 Å². The molecule has 5 N–H and O–H groups in total. The fraction of sp³-hybridized carbons (Fsp3) is 0.223. The Kier molecular flexibility index (Phi) is 22.6. The van der Waals surface area contributed by atoms with Gasteiger partial charge in [-0.15, -0.1) is 0 Å². The predicted octanol–water partition coefficient (Wildman–Crippen LogP) is 20.9. The number of alkyl halides is 8. The summed E-state index contributed by atoms with van der Waals surface area (Å²) in [6.07, 6.45) is 3.65. The molecule has 0 radical (unpaired) electrons. The van der Waals surface area contributed by atoms with Gasteiger partial charge in [0.1, 0.15) is 70.8 Å². The number of carbonyl (C=O) groups is 3. The van der Waals surface area contributed by atoms with Gasteiger partial charge >= 0.3 is 0 Å². The Morgan fingerprint density at radius 1 is 0.448 bits per heavy atom. The number of aryl methyl sites for hydroxylation is 2. The Balaban J connectivity index is 0.000000133. The number of aromatic amines is 2. The number of amides is 3. The van der Waals surface area contributed by atoms with Crippen molar-refractivity contribution in [2.24, 2.45) is 11.8 Å². The number of fused-ring (bicyclic) bond motifs is 9. The first-order chi connectivity index (χ1) is 60.0. The molecule has 8 heterocycles. The van der Waals surface area contributed by atoms with E-state index in [-0.39, 0.29) is 78.3 Å². The van der Waals surface area contributed by atoms with Crippen molar-refractivity contribution in [3.63, 3.8) is 0 Å². The van der Waals surface area contributed by atoms with E-state index in [0.29, 0.717) is 70.8 Å². The number of aromatic nitrogens is 10. The van der Waals surface area contributed by atoms with E-state index in [1.54, 1.807) is 74.9 Å². The third-order valence-corrected chi connectivity index (χ3v) is 23.0. The Morgan fingerprint density at radius 3 is 1.48 bits per heavy atom. The van der Waals surface area contributed by atoms with Crippen LogP contribution in [-0.2, 0) is 65.0 Å². The third kappa shape index (κ3) is 17.2. The van der Waals surface area contributed by atoms with Crippen molar-refractivity contribution in [3.05, 3.63) is 344 Å². The van der Waals surface area contributed by atoms with E-state index in [1.807, 2.05) is 78.9 Å². The van der Waals surface area contributed by atoms with Gasteiger partial charge in [-0.25, -0.2) is 48.9 Å². The Labute approximate surface area is 702 Å². The molecule has 16 nitrogen and oxygen atoms in total. The zero-order chi connectivity index (χ0) is 87.6. The minimum atomic E-state index is -3.39. The van der Waals surface area contributed by atoms with E-state index < -0.39 is 143 Å². The standard InChI is InChI=1S/C33H24F6N4O.C31H23F6N5O.C30H25F3N4O/c34-19-11-17(12-20(35)14-19)13-26(29-23(9-4-10-40-29)22-8-3-6-18-5-1-2-7-21(18)22)41-27(44)16-43-31-28(30(42-43)32(36)37)24-15-25(24)33(31,38)39;32-18-8-15(9-19(33)12-18)10-24(27-20(2-1-6-39-27)16-3-4-23-17(11-16)5-7-38-23)40-25(43)14-42-29-26(28(41-42)30(34)35)21-13-22(21)31(29,36)37;1-17-8-19(11-23(32)9-17)12-27(29-24(4-3-7-34-29)20-10-18(2)30(33)36-16-20)37-28(38)13-21-15-35-26-6-5-22(31)14-25(21)26/h1-12,14,24-26,32H,13,15-16H2,(H,41,44);1-9,11-12,21-22,24,30,38H,10,13-14H2,(H,40,43);3-11,14-16,27,35H,12-13H2,1-2H3,(H,37,38)/t24?,25?,26-;21?,22?,24-;27-/m000/s1. The van der Waals surface area contributed by atoms with Crippen LogP contribution < -0.4 is 16.0 Å². The van der Waals surface area contributed by atoms with Gasteiger partial charge in [0.2, 0.25) is 23.7 Å². The van der Waals surface area contributed by atoms with Crippen molar-refractivity contribution in [2.45, 2.75) is 120 Å². The highest BCUT2D eigenvalue weighted by molar-refractivity contribution is 5.97. The normalized spacial score (nSPS) is 16.8. The van der Waals surface area contributed by atoms with Gasteiger partial charge in [-0.05, 0) is 210 Å². The van der Waals surface area contributed by atoms with Crippen LogP contribution in [0.2, 0.25) is 0 Å². The number of pyridine rings is 4. The Morgan fingerprint density at radius 2 is 0.936 bits per heavy atom. The summed E-state index contributed by atoms with van der Waals surface area (Å²) in [4.78, 5) is 63.8. The monoisotopic (exact) mass is 1720 g/mol. The first kappa shape index (κ1) is 83.5. The minimum Gasteiger partial charge on any atom is -0.361 e. The molecule has 7 atom stereocenters. The SMILES string of the molecule is Cc1cc(F)cc(C[C@H](NC(=O)Cc2c[nH]c3ccc(F)cc23)c2ncccc2-c2cnc(F)c(C)c2)c1.O=C(Cn1nc(C(F)F)c2c1C(F)(F)C1CC21)N[C@@H](Cc1cc(F)cc(F)c1)c1ncccc1-c1ccc2[nH]ccc2c1.O=C(Cn1nc(C(F)F)c2c1C(F)(F)C1CC21)N[C@@H](Cc1cc(F)cc(F)c1)c1ncccc1-c1cccc2ccccc12. The van der Waals surface area contributed by atoms with E-state index in [0.717, 1.165) is 80.3 Å². The summed E-state index contributed by atoms with van der Waals surface area (Å²) < 4.78 is 215. The Hall–Kier alpha value is -13.7. The highest BCUT2D eigenvalue weighted by Gasteiger charge is 2.68. The zero-order valence-corrected chi connectivity index (χ0v) is 66.1. The fourth-order valence-electron chi connectivity index (χ4n) is 17.6. The lowest BCUT2D eigenvalue weighted by Gasteiger charge is -2.23. The van der Waals surface area contributed by atoms with Gasteiger partial charge in [0.25, 0.3) is 24.7 Å². The first-order valence-electron chi connectivity index (χ1n) is 39.8. The maximum absolute atomic E-state index is 15.1. The minimum absolute atomic E-state index is 0.00150. The molecule has 2 saturated carbocycles. The second-order valence-corrected chi connectivity index (χ2v) is 31.6. The van der Waals surface area contributed by atoms with Crippen molar-refractivity contribution in [2.75, 3.05) is 0 Å². The molecule has 0 bridgehead atoms. The van der Waals surface area contributed by atoms with Gasteiger partial charge in [-0.2, -0.15) is 32.1 Å². The van der Waals surface area contributed by atoms with Crippen molar-refractivity contribution in [1.29, 1.82) is 0 Å². The van der Waals surface area contributed by atoms with Crippen LogP contribution in [0.15, 0.2) is 219 Å². The quantitative estimate of drug-likeness (QED) is 0.0305. The maximum atomic E-state index is 15.1. The molecule has 19 rings (SSSR count). The highest BCUT2D eigenvalue weighted by Crippen LogP contribution is 2.69. The average molecular weight is 1720 g/mol. The van der Waals surface area contributed by atoms with Crippen molar-refractivity contribution < 1.29 is 80.2 Å². The van der Waals surface area contributed by atoms with E-state index in [4.69, 9.17) is 0 Å². The van der Waals surface area contributed by atoms with Gasteiger partial charge in [0.05, 0.1) is 41.6 Å². The number of hydrogen-bond donors (Lipinski definition) is 5. The summed E-state index contributed by atoms with van der Waals surface area (Å²) in [5.74, 6) is -16.8. The fourth-order valence-corrected chi connectivity index (χ4v) is 17.6. The number of rotatable bonds is 23. The molecule has 2 fully saturated rings. The largest absolute Gasteiger partial charge is 0.361 e. The van der Waals surface area contributed by atoms with E-state index >= 15 is 17.6 Å². The number of nitrogens with one attached hydrogen (secondary N) is 5. The molecule has 0 spiro atoms. The lowest BCUT2D eigenvalue weighted by Crippen LogP contribution is -2.35. The van der Waals surface area contributed by atoms with Crippen LogP contribution in [0, 0.1) is 66.5 Å². The van der Waals surface area contributed by atoms with Crippen LogP contribution in [-0.4, -0.2) is 67.2 Å². The molecule has 125 heavy (non-hydrogen) atoms. The number of carbonyl (C=O) groups excluding carboxylic acids is 3. The number of halogens is 15. The van der Waals surface area contributed by atoms with Crippen LogP contribution in [0.4, 0.5) is 65.9 Å². The second kappa shape index (κ2) is 33.8. The molecule has 0 aliphatic heterocycles. The molecule has 636 valence electrons. The molecular formula is C94H72F15N13O3. The summed E-state index contributed by atoms with van der Waals surface area (Å²) in [6, 6.07) is 45.6. The summed E-state index contributed by atoms with van der Waals surface area (Å²) >= 11 is 0. The molecule has 4 unspecified atom stereocenters. The van der Waals surface area contributed by atoms with E-state index in [1.165, 1.54) is 42.9 Å². The lowest BCUT2D eigenvalue weighted by atomic mass is 9.92. The molecule has 0 saturated heterocycles. The summed E-state index contributed by atoms with van der Waals surface area (Å²) in [7, 11) is 0.